The van der Waals surface area contributed by atoms with Gasteiger partial charge in [0.1, 0.15) is 5.41 Å². The minimum Gasteiger partial charge on any atom is -0.376 e. The summed E-state index contributed by atoms with van der Waals surface area (Å²) in [6, 6.07) is 0.273. The van der Waals surface area contributed by atoms with Crippen LogP contribution in [0.15, 0.2) is 0 Å². The SMILES string of the molecule is O=C(NCC1CCCO1)C1(C(=O)NC2CCCCC2)CC1. The van der Waals surface area contributed by atoms with Gasteiger partial charge < -0.3 is 15.4 Å². The van der Waals surface area contributed by atoms with E-state index in [1.54, 1.807) is 0 Å². The molecule has 2 amide bonds. The Balaban J connectivity index is 1.48. The molecule has 0 aromatic carbocycles. The van der Waals surface area contributed by atoms with Crippen LogP contribution in [0.25, 0.3) is 0 Å². The lowest BCUT2D eigenvalue weighted by molar-refractivity contribution is -0.138. The molecule has 0 spiro atoms. The minimum absolute atomic E-state index is 0.0563. The third kappa shape index (κ3) is 3.39. The van der Waals surface area contributed by atoms with E-state index in [2.05, 4.69) is 10.6 Å². The highest BCUT2D eigenvalue weighted by atomic mass is 16.5. The lowest BCUT2D eigenvalue weighted by Crippen LogP contribution is -2.48. The van der Waals surface area contributed by atoms with Crippen molar-refractivity contribution in [2.24, 2.45) is 5.41 Å². The van der Waals surface area contributed by atoms with E-state index in [-0.39, 0.29) is 24.0 Å². The van der Waals surface area contributed by atoms with E-state index in [1.807, 2.05) is 0 Å². The van der Waals surface area contributed by atoms with Gasteiger partial charge in [-0.15, -0.1) is 0 Å². The molecule has 1 heterocycles. The zero-order valence-corrected chi connectivity index (χ0v) is 12.7. The van der Waals surface area contributed by atoms with E-state index in [9.17, 15) is 9.59 Å². The zero-order chi connectivity index (χ0) is 14.7. The molecule has 5 nitrogen and oxygen atoms in total. The van der Waals surface area contributed by atoms with E-state index in [0.29, 0.717) is 19.4 Å². The molecule has 0 aromatic rings. The van der Waals surface area contributed by atoms with E-state index < -0.39 is 5.41 Å². The van der Waals surface area contributed by atoms with Crippen LogP contribution in [0.3, 0.4) is 0 Å². The third-order valence-electron chi connectivity index (χ3n) is 5.07. The molecule has 1 aliphatic heterocycles. The predicted octanol–water partition coefficient (Wildman–Crippen LogP) is 1.51. The Labute approximate surface area is 126 Å². The summed E-state index contributed by atoms with van der Waals surface area (Å²) in [5.41, 5.74) is -0.782. The second kappa shape index (κ2) is 6.34. The van der Waals surface area contributed by atoms with Crippen molar-refractivity contribution in [3.8, 4) is 0 Å². The first-order valence-electron chi connectivity index (χ1n) is 8.41. The minimum atomic E-state index is -0.782. The van der Waals surface area contributed by atoms with Crippen molar-refractivity contribution in [2.45, 2.75) is 69.9 Å². The number of rotatable bonds is 5. The van der Waals surface area contributed by atoms with Crippen LogP contribution < -0.4 is 10.6 Å². The summed E-state index contributed by atoms with van der Waals surface area (Å²) in [5.74, 6) is -0.162. The molecule has 0 aromatic heterocycles. The molecule has 1 saturated heterocycles. The number of amides is 2. The lowest BCUT2D eigenvalue weighted by atomic mass is 9.94. The van der Waals surface area contributed by atoms with Crippen LogP contribution in [0.2, 0.25) is 0 Å². The van der Waals surface area contributed by atoms with Gasteiger partial charge in [-0.3, -0.25) is 9.59 Å². The molecule has 2 saturated carbocycles. The molecular formula is C16H26N2O3. The monoisotopic (exact) mass is 294 g/mol. The second-order valence-electron chi connectivity index (χ2n) is 6.74. The van der Waals surface area contributed by atoms with Gasteiger partial charge in [-0.05, 0) is 38.5 Å². The van der Waals surface area contributed by atoms with Crippen LogP contribution in [0, 0.1) is 5.41 Å². The van der Waals surface area contributed by atoms with Crippen molar-refractivity contribution >= 4 is 11.8 Å². The van der Waals surface area contributed by atoms with Crippen molar-refractivity contribution in [3.63, 3.8) is 0 Å². The number of hydrogen-bond acceptors (Lipinski definition) is 3. The van der Waals surface area contributed by atoms with E-state index in [1.165, 1.54) is 19.3 Å². The maximum absolute atomic E-state index is 12.4. The normalized spacial score (nSPS) is 28.1. The van der Waals surface area contributed by atoms with E-state index in [0.717, 1.165) is 32.3 Å². The molecule has 2 aliphatic carbocycles. The predicted molar refractivity (Wildman–Crippen MR) is 78.7 cm³/mol. The van der Waals surface area contributed by atoms with Crippen molar-refractivity contribution in [1.29, 1.82) is 0 Å². The topological polar surface area (TPSA) is 67.4 Å². The molecule has 2 N–H and O–H groups in total. The molecule has 3 fully saturated rings. The standard InChI is InChI=1S/C16H26N2O3/c19-14(17-11-13-7-4-10-21-13)16(8-9-16)15(20)18-12-5-2-1-3-6-12/h12-13H,1-11H2,(H,17,19)(H,18,20). The fourth-order valence-electron chi connectivity index (χ4n) is 3.43. The fourth-order valence-corrected chi connectivity index (χ4v) is 3.43. The van der Waals surface area contributed by atoms with E-state index >= 15 is 0 Å². The van der Waals surface area contributed by atoms with Crippen LogP contribution in [0.1, 0.15) is 57.8 Å². The van der Waals surface area contributed by atoms with Gasteiger partial charge in [0.25, 0.3) is 0 Å². The average molecular weight is 294 g/mol. The Morgan fingerprint density at radius 3 is 2.38 bits per heavy atom. The Morgan fingerprint density at radius 2 is 1.76 bits per heavy atom. The fraction of sp³-hybridized carbons (Fsp3) is 0.875. The quantitative estimate of drug-likeness (QED) is 0.755. The number of carbonyl (C=O) groups is 2. The van der Waals surface area contributed by atoms with Crippen LogP contribution in [0.4, 0.5) is 0 Å². The average Bonchev–Trinajstić information content (AvgIpc) is 3.16. The summed E-state index contributed by atoms with van der Waals surface area (Å²) in [4.78, 5) is 24.8. The van der Waals surface area contributed by atoms with Crippen molar-refractivity contribution in [1.82, 2.24) is 10.6 Å². The number of ether oxygens (including phenoxy) is 1. The highest BCUT2D eigenvalue weighted by molar-refractivity contribution is 6.07. The highest BCUT2D eigenvalue weighted by Crippen LogP contribution is 2.46. The molecule has 3 aliphatic rings. The summed E-state index contributed by atoms with van der Waals surface area (Å²) in [6.07, 6.45) is 9.30. The van der Waals surface area contributed by atoms with Crippen molar-refractivity contribution in [3.05, 3.63) is 0 Å². The lowest BCUT2D eigenvalue weighted by Gasteiger charge is -2.25. The zero-order valence-electron chi connectivity index (χ0n) is 12.7. The van der Waals surface area contributed by atoms with Gasteiger partial charge >= 0.3 is 0 Å². The summed E-state index contributed by atoms with van der Waals surface area (Å²) in [5, 5.41) is 6.02. The van der Waals surface area contributed by atoms with Gasteiger partial charge in [0.05, 0.1) is 6.10 Å². The molecule has 5 heteroatoms. The maximum Gasteiger partial charge on any atom is 0.235 e. The summed E-state index contributed by atoms with van der Waals surface area (Å²) in [6.45, 7) is 1.32. The maximum atomic E-state index is 12.4. The molecule has 118 valence electrons. The first kappa shape index (κ1) is 14.8. The Bertz CT molecular complexity index is 394. The molecule has 21 heavy (non-hydrogen) atoms. The molecule has 0 radical (unpaired) electrons. The van der Waals surface area contributed by atoms with Gasteiger partial charge in [-0.25, -0.2) is 0 Å². The van der Waals surface area contributed by atoms with Crippen LogP contribution in [0.5, 0.6) is 0 Å². The summed E-state index contributed by atoms with van der Waals surface area (Å²) < 4.78 is 5.50. The van der Waals surface area contributed by atoms with Gasteiger partial charge in [0.2, 0.25) is 11.8 Å². The molecule has 3 rings (SSSR count). The Morgan fingerprint density at radius 1 is 1.00 bits per heavy atom. The first-order chi connectivity index (χ1) is 10.2. The van der Waals surface area contributed by atoms with Gasteiger partial charge in [-0.2, -0.15) is 0 Å². The first-order valence-corrected chi connectivity index (χ1v) is 8.41. The van der Waals surface area contributed by atoms with Gasteiger partial charge in [-0.1, -0.05) is 19.3 Å². The molecule has 0 bridgehead atoms. The van der Waals surface area contributed by atoms with Crippen LogP contribution in [-0.2, 0) is 14.3 Å². The van der Waals surface area contributed by atoms with E-state index in [4.69, 9.17) is 4.74 Å². The number of carbonyl (C=O) groups excluding carboxylic acids is 2. The molecule has 1 unspecified atom stereocenters. The third-order valence-corrected chi connectivity index (χ3v) is 5.07. The highest BCUT2D eigenvalue weighted by Gasteiger charge is 2.56. The van der Waals surface area contributed by atoms with Crippen molar-refractivity contribution in [2.75, 3.05) is 13.2 Å². The largest absolute Gasteiger partial charge is 0.376 e. The van der Waals surface area contributed by atoms with Gasteiger partial charge in [0, 0.05) is 19.2 Å². The Hall–Kier alpha value is -1.10. The van der Waals surface area contributed by atoms with Crippen LogP contribution in [-0.4, -0.2) is 37.1 Å². The Kier molecular flexibility index (Phi) is 4.48. The number of hydrogen-bond donors (Lipinski definition) is 2. The smallest absolute Gasteiger partial charge is 0.235 e. The summed E-state index contributed by atoms with van der Waals surface area (Å²) >= 11 is 0. The number of nitrogens with one attached hydrogen (secondary N) is 2. The van der Waals surface area contributed by atoms with Crippen molar-refractivity contribution < 1.29 is 14.3 Å². The second-order valence-corrected chi connectivity index (χ2v) is 6.74. The summed E-state index contributed by atoms with van der Waals surface area (Å²) in [7, 11) is 0. The molecular weight excluding hydrogens is 268 g/mol. The van der Waals surface area contributed by atoms with Gasteiger partial charge in [0.15, 0.2) is 0 Å². The molecule has 1 atom stereocenters. The van der Waals surface area contributed by atoms with Crippen LogP contribution >= 0.6 is 0 Å².